The number of fused-ring (bicyclic) bond motifs is 3. The van der Waals surface area contributed by atoms with Gasteiger partial charge in [0, 0.05) is 37.6 Å². The zero-order valence-corrected chi connectivity index (χ0v) is 20.8. The maximum Gasteiger partial charge on any atom is 0.490 e. The fourth-order valence-corrected chi connectivity index (χ4v) is 4.55. The van der Waals surface area contributed by atoms with Crippen LogP contribution < -0.4 is 5.32 Å². The average Bonchev–Trinajstić information content (AvgIpc) is 3.37. The highest BCUT2D eigenvalue weighted by Gasteiger charge is 2.38. The molecule has 5 rings (SSSR count). The number of carbonyl (C=O) groups is 2. The lowest BCUT2D eigenvalue weighted by molar-refractivity contribution is -0.192. The number of hydrogen-bond acceptors (Lipinski definition) is 7. The van der Waals surface area contributed by atoms with Gasteiger partial charge < -0.3 is 19.9 Å². The van der Waals surface area contributed by atoms with Crippen LogP contribution in [0, 0.1) is 0 Å². The molecule has 0 bridgehead atoms. The number of aliphatic carboxylic acids is 1. The first kappa shape index (κ1) is 27.0. The van der Waals surface area contributed by atoms with Crippen LogP contribution in [0.3, 0.4) is 0 Å². The number of anilines is 1. The molecule has 1 amide bonds. The van der Waals surface area contributed by atoms with Crippen molar-refractivity contribution in [2.75, 3.05) is 12.4 Å². The number of pyridine rings is 1. The first-order valence-electron chi connectivity index (χ1n) is 12.3. The summed E-state index contributed by atoms with van der Waals surface area (Å²) in [7, 11) is 1.91. The molecule has 202 valence electrons. The van der Waals surface area contributed by atoms with Crippen LogP contribution in [0.25, 0.3) is 11.4 Å². The summed E-state index contributed by atoms with van der Waals surface area (Å²) in [4.78, 5) is 42.2. The van der Waals surface area contributed by atoms with Gasteiger partial charge in [0.05, 0.1) is 24.3 Å². The minimum atomic E-state index is -5.08. The molecule has 0 radical (unpaired) electrons. The second-order valence-electron chi connectivity index (χ2n) is 9.14. The molecule has 1 aliphatic carbocycles. The van der Waals surface area contributed by atoms with Crippen LogP contribution in [0.1, 0.15) is 53.8 Å². The minimum Gasteiger partial charge on any atom is -0.475 e. The van der Waals surface area contributed by atoms with Crippen LogP contribution in [-0.4, -0.2) is 65.7 Å². The number of carboxylic acid groups (broad SMARTS) is 1. The number of nitrogens with zero attached hydrogens (tertiary/aromatic N) is 6. The Kier molecular flexibility index (Phi) is 8.23. The number of amides is 1. The number of carbonyl (C=O) groups excluding carboxylic acids is 1. The molecule has 38 heavy (non-hydrogen) atoms. The molecule has 0 aromatic carbocycles. The molecule has 0 spiro atoms. The number of hydrogen-bond donors (Lipinski definition) is 2. The molecular weight excluding hydrogens is 503 g/mol. The highest BCUT2D eigenvalue weighted by Crippen LogP contribution is 2.32. The van der Waals surface area contributed by atoms with E-state index in [2.05, 4.69) is 20.3 Å². The van der Waals surface area contributed by atoms with Crippen LogP contribution in [0.4, 0.5) is 19.1 Å². The SMILES string of the molecule is CN(C(=O)c1ncn2c1-c1nc(NCc3ccccn3)ncc1CC2)C1CCCCC1.O=C(O)C(F)(F)F. The molecule has 1 aliphatic heterocycles. The Bertz CT molecular complexity index is 1270. The first-order chi connectivity index (χ1) is 18.1. The van der Waals surface area contributed by atoms with Gasteiger partial charge in [0.2, 0.25) is 5.95 Å². The van der Waals surface area contributed by atoms with Gasteiger partial charge in [-0.25, -0.2) is 19.7 Å². The third-order valence-corrected chi connectivity index (χ3v) is 6.59. The number of halogens is 3. The molecule has 3 aromatic heterocycles. The summed E-state index contributed by atoms with van der Waals surface area (Å²) in [5.74, 6) is -2.25. The molecular formula is C25H28F3N7O3. The molecule has 1 saturated carbocycles. The lowest BCUT2D eigenvalue weighted by Crippen LogP contribution is -2.38. The topological polar surface area (TPSA) is 126 Å². The highest BCUT2D eigenvalue weighted by atomic mass is 19.4. The molecule has 13 heteroatoms. The largest absolute Gasteiger partial charge is 0.490 e. The van der Waals surface area contributed by atoms with Gasteiger partial charge in [-0.1, -0.05) is 25.3 Å². The van der Waals surface area contributed by atoms with Crippen molar-refractivity contribution < 1.29 is 27.9 Å². The third-order valence-electron chi connectivity index (χ3n) is 6.59. The summed E-state index contributed by atoms with van der Waals surface area (Å²) in [5, 5.41) is 10.4. The second kappa shape index (κ2) is 11.6. The zero-order valence-electron chi connectivity index (χ0n) is 20.8. The lowest BCUT2D eigenvalue weighted by Gasteiger charge is -2.31. The Morgan fingerprint density at radius 2 is 1.89 bits per heavy atom. The Labute approximate surface area is 217 Å². The van der Waals surface area contributed by atoms with Gasteiger partial charge >= 0.3 is 12.1 Å². The van der Waals surface area contributed by atoms with E-state index in [4.69, 9.17) is 14.9 Å². The van der Waals surface area contributed by atoms with Crippen molar-refractivity contribution in [2.24, 2.45) is 0 Å². The maximum atomic E-state index is 13.4. The number of nitrogens with one attached hydrogen (secondary N) is 1. The number of alkyl halides is 3. The smallest absolute Gasteiger partial charge is 0.475 e. The average molecular weight is 532 g/mol. The maximum absolute atomic E-state index is 13.4. The summed E-state index contributed by atoms with van der Waals surface area (Å²) in [6.07, 6.45) is 6.90. The predicted molar refractivity (Wildman–Crippen MR) is 131 cm³/mol. The first-order valence-corrected chi connectivity index (χ1v) is 12.3. The summed E-state index contributed by atoms with van der Waals surface area (Å²) in [6.45, 7) is 1.31. The second-order valence-corrected chi connectivity index (χ2v) is 9.14. The summed E-state index contributed by atoms with van der Waals surface area (Å²) < 4.78 is 33.8. The number of aryl methyl sites for hydroxylation is 2. The zero-order chi connectivity index (χ0) is 27.3. The van der Waals surface area contributed by atoms with Gasteiger partial charge in [-0.2, -0.15) is 13.2 Å². The summed E-state index contributed by atoms with van der Waals surface area (Å²) in [5.41, 5.74) is 4.05. The van der Waals surface area contributed by atoms with Gasteiger partial charge in [-0.15, -0.1) is 0 Å². The van der Waals surface area contributed by atoms with Gasteiger partial charge in [0.15, 0.2) is 5.69 Å². The van der Waals surface area contributed by atoms with Crippen molar-refractivity contribution in [3.63, 3.8) is 0 Å². The minimum absolute atomic E-state index is 0.0184. The van der Waals surface area contributed by atoms with Crippen LogP contribution in [0.2, 0.25) is 0 Å². The van der Waals surface area contributed by atoms with Crippen molar-refractivity contribution in [3.8, 4) is 11.4 Å². The van der Waals surface area contributed by atoms with E-state index in [-0.39, 0.29) is 5.91 Å². The molecule has 1 fully saturated rings. The molecule has 2 aliphatic rings. The van der Waals surface area contributed by atoms with E-state index in [1.165, 1.54) is 19.3 Å². The molecule has 3 aromatic rings. The lowest BCUT2D eigenvalue weighted by atomic mass is 9.94. The molecule has 0 unspecified atom stereocenters. The summed E-state index contributed by atoms with van der Waals surface area (Å²) in [6, 6.07) is 6.10. The summed E-state index contributed by atoms with van der Waals surface area (Å²) >= 11 is 0. The highest BCUT2D eigenvalue weighted by molar-refractivity contribution is 5.98. The molecule has 2 N–H and O–H groups in total. The van der Waals surface area contributed by atoms with E-state index in [1.54, 1.807) is 12.5 Å². The Balaban J connectivity index is 0.000000426. The van der Waals surface area contributed by atoms with Crippen molar-refractivity contribution in [1.29, 1.82) is 0 Å². The third kappa shape index (κ3) is 6.26. The number of imidazole rings is 1. The van der Waals surface area contributed by atoms with E-state index in [9.17, 15) is 18.0 Å². The van der Waals surface area contributed by atoms with Gasteiger partial charge in [0.25, 0.3) is 5.91 Å². The molecule has 10 nitrogen and oxygen atoms in total. The number of carboxylic acids is 1. The van der Waals surface area contributed by atoms with Crippen LogP contribution in [0.15, 0.2) is 36.9 Å². The standard InChI is InChI=1S/C23H27N7O.C2HF3O2/c1-29(18-8-3-2-4-9-18)22(31)20-21-19-16(10-12-30(21)15-27-20)13-25-23(28-19)26-14-17-7-5-6-11-24-17;3-2(4,5)1(6)7/h5-7,11,13,15,18H,2-4,8-10,12,14H2,1H3,(H,25,26,28);(H,6,7). The van der Waals surface area contributed by atoms with E-state index in [0.29, 0.717) is 24.2 Å². The van der Waals surface area contributed by atoms with Crippen LogP contribution in [-0.2, 0) is 24.3 Å². The fourth-order valence-electron chi connectivity index (χ4n) is 4.55. The van der Waals surface area contributed by atoms with E-state index in [1.807, 2.05) is 40.9 Å². The van der Waals surface area contributed by atoms with Gasteiger partial charge in [-0.05, 0) is 31.4 Å². The Morgan fingerprint density at radius 1 is 1.16 bits per heavy atom. The normalized spacial score (nSPS) is 14.9. The van der Waals surface area contributed by atoms with Crippen LogP contribution in [0.5, 0.6) is 0 Å². The van der Waals surface area contributed by atoms with E-state index in [0.717, 1.165) is 48.5 Å². The van der Waals surface area contributed by atoms with E-state index >= 15 is 0 Å². The number of rotatable bonds is 5. The van der Waals surface area contributed by atoms with Crippen molar-refractivity contribution in [3.05, 3.63) is 53.9 Å². The van der Waals surface area contributed by atoms with Gasteiger partial charge in [0.1, 0.15) is 5.69 Å². The fraction of sp³-hybridized carbons (Fsp3) is 0.440. The van der Waals surface area contributed by atoms with Crippen molar-refractivity contribution in [2.45, 2.75) is 63.8 Å². The Hall–Kier alpha value is -4.03. The molecule has 0 saturated heterocycles. The van der Waals surface area contributed by atoms with Crippen LogP contribution >= 0.6 is 0 Å². The number of aromatic nitrogens is 5. The molecule has 0 atom stereocenters. The monoisotopic (exact) mass is 531 g/mol. The molecule has 4 heterocycles. The predicted octanol–water partition coefficient (Wildman–Crippen LogP) is 3.94. The van der Waals surface area contributed by atoms with Crippen molar-refractivity contribution >= 4 is 17.8 Å². The van der Waals surface area contributed by atoms with Crippen molar-refractivity contribution in [1.82, 2.24) is 29.4 Å². The van der Waals surface area contributed by atoms with E-state index < -0.39 is 12.1 Å². The quantitative estimate of drug-likeness (QED) is 0.507. The van der Waals surface area contributed by atoms with Gasteiger partial charge in [-0.3, -0.25) is 9.78 Å². The Morgan fingerprint density at radius 3 is 2.55 bits per heavy atom.